The van der Waals surface area contributed by atoms with E-state index in [1.54, 1.807) is 4.90 Å². The van der Waals surface area contributed by atoms with E-state index in [4.69, 9.17) is 11.6 Å². The van der Waals surface area contributed by atoms with E-state index in [0.717, 1.165) is 22.9 Å². The average Bonchev–Trinajstić information content (AvgIpc) is 3.34. The molecule has 1 saturated heterocycles. The molecule has 0 saturated carbocycles. The van der Waals surface area contributed by atoms with E-state index < -0.39 is 0 Å². The molecule has 0 radical (unpaired) electrons. The maximum absolute atomic E-state index is 13.1. The summed E-state index contributed by atoms with van der Waals surface area (Å²) in [6.45, 7) is 3.69. The molecule has 5 nitrogen and oxygen atoms in total. The number of benzene rings is 2. The van der Waals surface area contributed by atoms with E-state index in [9.17, 15) is 9.59 Å². The lowest BCUT2D eigenvalue weighted by molar-refractivity contribution is -0.124. The molecule has 0 spiro atoms. The van der Waals surface area contributed by atoms with E-state index in [1.165, 1.54) is 5.56 Å². The topological polar surface area (TPSA) is 54.3 Å². The molecule has 156 valence electrons. The molecular weight excluding hydrogens is 398 g/mol. The van der Waals surface area contributed by atoms with Crippen molar-refractivity contribution in [1.82, 2.24) is 14.8 Å². The molecule has 1 aliphatic rings. The molecule has 1 N–H and O–H groups in total. The lowest BCUT2D eigenvalue weighted by atomic mass is 10.1. The number of hydrogen-bond acceptors (Lipinski definition) is 2. The molecule has 3 aromatic rings. The smallest absolute Gasteiger partial charge is 0.270 e. The first-order valence-corrected chi connectivity index (χ1v) is 10.7. The Morgan fingerprint density at radius 3 is 2.67 bits per heavy atom. The summed E-state index contributed by atoms with van der Waals surface area (Å²) >= 11 is 5.90. The Balaban J connectivity index is 1.34. The van der Waals surface area contributed by atoms with Crippen molar-refractivity contribution >= 4 is 34.3 Å². The standard InChI is InChI=1S/C24H26ClN3O2/c1-16-3-8-21-19(13-16)14-22(27(21)2)24(30)28-12-10-18(15-28)23(29)26-11-9-17-4-6-20(25)7-5-17/h3-8,13-14,18H,9-12,15H2,1-2H3,(H,26,29). The van der Waals surface area contributed by atoms with Gasteiger partial charge in [-0.1, -0.05) is 35.4 Å². The third-order valence-corrected chi connectivity index (χ3v) is 6.14. The molecule has 1 unspecified atom stereocenters. The van der Waals surface area contributed by atoms with Crippen molar-refractivity contribution in [2.75, 3.05) is 19.6 Å². The van der Waals surface area contributed by atoms with Crippen LogP contribution in [0.1, 0.15) is 28.0 Å². The molecule has 2 heterocycles. The third kappa shape index (κ3) is 4.21. The number of amides is 2. The van der Waals surface area contributed by atoms with Crippen LogP contribution < -0.4 is 5.32 Å². The Bertz CT molecular complexity index is 1090. The van der Waals surface area contributed by atoms with Gasteiger partial charge >= 0.3 is 0 Å². The van der Waals surface area contributed by atoms with Crippen molar-refractivity contribution in [2.45, 2.75) is 19.8 Å². The van der Waals surface area contributed by atoms with Crippen molar-refractivity contribution in [2.24, 2.45) is 13.0 Å². The van der Waals surface area contributed by atoms with Gasteiger partial charge in [0.25, 0.3) is 5.91 Å². The maximum atomic E-state index is 13.1. The highest BCUT2D eigenvalue weighted by Gasteiger charge is 2.32. The van der Waals surface area contributed by atoms with E-state index in [2.05, 4.69) is 17.4 Å². The predicted octanol–water partition coefficient (Wildman–Crippen LogP) is 3.96. The van der Waals surface area contributed by atoms with Crippen molar-refractivity contribution in [3.05, 3.63) is 70.4 Å². The molecule has 1 aliphatic heterocycles. The average molecular weight is 424 g/mol. The number of nitrogens with zero attached hydrogens (tertiary/aromatic N) is 2. The summed E-state index contributed by atoms with van der Waals surface area (Å²) in [4.78, 5) is 27.4. The fraction of sp³-hybridized carbons (Fsp3) is 0.333. The van der Waals surface area contributed by atoms with Crippen molar-refractivity contribution in [3.8, 4) is 0 Å². The zero-order valence-electron chi connectivity index (χ0n) is 17.3. The summed E-state index contributed by atoms with van der Waals surface area (Å²) in [5.41, 5.74) is 4.01. The van der Waals surface area contributed by atoms with Crippen LogP contribution in [0.5, 0.6) is 0 Å². The number of halogens is 1. The number of nitrogens with one attached hydrogen (secondary N) is 1. The number of carbonyl (C=O) groups is 2. The molecule has 30 heavy (non-hydrogen) atoms. The van der Waals surface area contributed by atoms with Crippen LogP contribution in [0.4, 0.5) is 0 Å². The Morgan fingerprint density at radius 2 is 1.90 bits per heavy atom. The molecule has 2 amide bonds. The number of aryl methyl sites for hydroxylation is 2. The summed E-state index contributed by atoms with van der Waals surface area (Å²) < 4.78 is 1.94. The first kappa shape index (κ1) is 20.5. The number of aromatic nitrogens is 1. The fourth-order valence-corrected chi connectivity index (χ4v) is 4.25. The van der Waals surface area contributed by atoms with Gasteiger partial charge in [-0.2, -0.15) is 0 Å². The van der Waals surface area contributed by atoms with Crippen LogP contribution >= 0.6 is 11.6 Å². The number of fused-ring (bicyclic) bond motifs is 1. The van der Waals surface area contributed by atoms with Gasteiger partial charge in [-0.25, -0.2) is 0 Å². The molecule has 1 atom stereocenters. The second-order valence-electron chi connectivity index (χ2n) is 8.06. The van der Waals surface area contributed by atoms with Gasteiger partial charge in [-0.3, -0.25) is 9.59 Å². The minimum absolute atomic E-state index is 0.0113. The van der Waals surface area contributed by atoms with Crippen LogP contribution in [-0.2, 0) is 18.3 Å². The van der Waals surface area contributed by atoms with Crippen molar-refractivity contribution in [3.63, 3.8) is 0 Å². The molecule has 4 rings (SSSR count). The van der Waals surface area contributed by atoms with Crippen LogP contribution in [0.15, 0.2) is 48.5 Å². The Hall–Kier alpha value is -2.79. The normalized spacial score (nSPS) is 16.2. The van der Waals surface area contributed by atoms with Gasteiger partial charge in [0, 0.05) is 42.6 Å². The highest BCUT2D eigenvalue weighted by Crippen LogP contribution is 2.24. The van der Waals surface area contributed by atoms with Gasteiger partial charge < -0.3 is 14.8 Å². The number of likely N-dealkylation sites (tertiary alicyclic amines) is 1. The molecule has 1 aromatic heterocycles. The molecule has 1 fully saturated rings. The van der Waals surface area contributed by atoms with Gasteiger partial charge in [0.15, 0.2) is 0 Å². The molecule has 2 aromatic carbocycles. The molecule has 0 bridgehead atoms. The summed E-state index contributed by atoms with van der Waals surface area (Å²) in [5, 5.41) is 4.79. The van der Waals surface area contributed by atoms with E-state index in [0.29, 0.717) is 36.8 Å². The second-order valence-corrected chi connectivity index (χ2v) is 8.49. The van der Waals surface area contributed by atoms with Gasteiger partial charge in [0.2, 0.25) is 5.91 Å². The van der Waals surface area contributed by atoms with Crippen LogP contribution in [0.3, 0.4) is 0 Å². The van der Waals surface area contributed by atoms with Crippen LogP contribution in [-0.4, -0.2) is 40.9 Å². The Kier molecular flexibility index (Phi) is 5.82. The van der Waals surface area contributed by atoms with E-state index in [1.807, 2.05) is 54.9 Å². The van der Waals surface area contributed by atoms with Gasteiger partial charge in [-0.15, -0.1) is 0 Å². The summed E-state index contributed by atoms with van der Waals surface area (Å²) in [6.07, 6.45) is 1.45. The zero-order chi connectivity index (χ0) is 21.3. The number of carbonyl (C=O) groups excluding carboxylic acids is 2. The highest BCUT2D eigenvalue weighted by atomic mass is 35.5. The fourth-order valence-electron chi connectivity index (χ4n) is 4.12. The highest BCUT2D eigenvalue weighted by molar-refractivity contribution is 6.30. The van der Waals surface area contributed by atoms with Crippen molar-refractivity contribution in [1.29, 1.82) is 0 Å². The lowest BCUT2D eigenvalue weighted by Gasteiger charge is -2.17. The summed E-state index contributed by atoms with van der Waals surface area (Å²) in [7, 11) is 1.92. The van der Waals surface area contributed by atoms with Gasteiger partial charge in [0.1, 0.15) is 5.69 Å². The Labute approximate surface area is 181 Å². The van der Waals surface area contributed by atoms with Crippen LogP contribution in [0.25, 0.3) is 10.9 Å². The van der Waals surface area contributed by atoms with Crippen molar-refractivity contribution < 1.29 is 9.59 Å². The first-order chi connectivity index (χ1) is 14.4. The van der Waals surface area contributed by atoms with Gasteiger partial charge in [0.05, 0.1) is 5.92 Å². The summed E-state index contributed by atoms with van der Waals surface area (Å²) in [5.74, 6) is -0.147. The number of hydrogen-bond donors (Lipinski definition) is 1. The molecule has 6 heteroatoms. The summed E-state index contributed by atoms with van der Waals surface area (Å²) in [6, 6.07) is 15.8. The minimum Gasteiger partial charge on any atom is -0.355 e. The maximum Gasteiger partial charge on any atom is 0.270 e. The lowest BCUT2D eigenvalue weighted by Crippen LogP contribution is -2.35. The minimum atomic E-state index is -0.156. The zero-order valence-corrected chi connectivity index (χ0v) is 18.1. The third-order valence-electron chi connectivity index (χ3n) is 5.89. The SMILES string of the molecule is Cc1ccc2c(c1)cc(C(=O)N1CCC(C(=O)NCCc3ccc(Cl)cc3)C1)n2C. The van der Waals surface area contributed by atoms with E-state index >= 15 is 0 Å². The molecule has 0 aliphatic carbocycles. The van der Waals surface area contributed by atoms with Crippen LogP contribution in [0, 0.1) is 12.8 Å². The monoisotopic (exact) mass is 423 g/mol. The molecular formula is C24H26ClN3O2. The predicted molar refractivity (Wildman–Crippen MR) is 120 cm³/mol. The van der Waals surface area contributed by atoms with Crippen LogP contribution in [0.2, 0.25) is 5.02 Å². The Morgan fingerprint density at radius 1 is 1.13 bits per heavy atom. The number of rotatable bonds is 5. The van der Waals surface area contributed by atoms with Gasteiger partial charge in [-0.05, 0) is 55.7 Å². The first-order valence-electron chi connectivity index (χ1n) is 10.3. The van der Waals surface area contributed by atoms with E-state index in [-0.39, 0.29) is 17.7 Å². The second kappa shape index (κ2) is 8.52. The largest absolute Gasteiger partial charge is 0.355 e. The quantitative estimate of drug-likeness (QED) is 0.675.